The average Bonchev–Trinajstić information content (AvgIpc) is 1.56. The molecule has 12 nitrogen and oxygen atoms in total. The second-order valence-electron chi connectivity index (χ2n) is 29.7. The Morgan fingerprint density at radius 1 is 0.304 bits per heavy atom. The second kappa shape index (κ2) is 30.7. The van der Waals surface area contributed by atoms with Crippen LogP contribution in [-0.4, -0.2) is 9.97 Å². The number of benzene rings is 8. The third kappa shape index (κ3) is 13.9. The van der Waals surface area contributed by atoms with Crippen LogP contribution in [0, 0.1) is 82.7 Å². The number of pyridine rings is 7. The molecule has 0 bridgehead atoms. The monoisotopic (exact) mass is 1530 g/mol. The molecule has 0 aliphatic carbocycles. The number of hydrogen-bond donors (Lipinski definition) is 0. The van der Waals surface area contributed by atoms with Crippen molar-refractivity contribution in [2.75, 3.05) is 0 Å². The van der Waals surface area contributed by atoms with Gasteiger partial charge in [0.05, 0.1) is 27.8 Å². The number of aryl methyl sites for hydroxylation is 17. The van der Waals surface area contributed by atoms with E-state index in [1.807, 2.05) is 123 Å². The Balaban J connectivity index is 0.000000123. The molecule has 20 aromatic rings. The zero-order chi connectivity index (χ0) is 96.4. The molecule has 0 aliphatic heterocycles. The second-order valence-corrected chi connectivity index (χ2v) is 29.7. The lowest BCUT2D eigenvalue weighted by Crippen LogP contribution is -2.31. The summed E-state index contributed by atoms with van der Waals surface area (Å²) in [6, 6.07) is 62.5. The lowest BCUT2D eigenvalue weighted by molar-refractivity contribution is -0.660. The summed E-state index contributed by atoms with van der Waals surface area (Å²) in [6.45, 7) is 1.14. The van der Waals surface area contributed by atoms with E-state index in [4.69, 9.17) is 48.1 Å². The van der Waals surface area contributed by atoms with Gasteiger partial charge in [-0.3, -0.25) is 0 Å². The third-order valence-electron chi connectivity index (χ3n) is 21.6. The molecule has 0 radical (unpaired) electrons. The molecule has 12 heteroatoms. The summed E-state index contributed by atoms with van der Waals surface area (Å²) in [6.07, 6.45) is 12.6. The zero-order valence-corrected chi connectivity index (χ0v) is 66.3. The number of furan rings is 5. The normalized spacial score (nSPS) is 15.1. The van der Waals surface area contributed by atoms with Crippen LogP contribution < -0.4 is 22.8 Å². The topological polar surface area (TPSA) is 111 Å². The van der Waals surface area contributed by atoms with Gasteiger partial charge < -0.3 is 22.1 Å². The van der Waals surface area contributed by atoms with Gasteiger partial charge in [-0.15, -0.1) is 0 Å². The van der Waals surface area contributed by atoms with Crippen LogP contribution in [0.15, 0.2) is 266 Å². The first-order valence-corrected chi connectivity index (χ1v) is 37.8. The molecular weight excluding hydrogens is 1420 g/mol. The molecule has 0 spiro atoms. The fourth-order valence-electron chi connectivity index (χ4n) is 15.9. The zero-order valence-electron chi connectivity index (χ0n) is 85.3. The largest absolute Gasteiger partial charge is 0.455 e. The van der Waals surface area contributed by atoms with Crippen LogP contribution in [0.1, 0.15) is 118 Å². The smallest absolute Gasteiger partial charge is 0.227 e. The Labute approximate surface area is 697 Å². The Morgan fingerprint density at radius 2 is 0.713 bits per heavy atom. The maximum atomic E-state index is 8.50. The van der Waals surface area contributed by atoms with Crippen molar-refractivity contribution in [2.45, 2.75) is 102 Å². The minimum absolute atomic E-state index is 0.213. The highest BCUT2D eigenvalue weighted by Crippen LogP contribution is 2.44. The number of hydrogen-bond acceptors (Lipinski definition) is 7. The van der Waals surface area contributed by atoms with E-state index in [2.05, 4.69) is 127 Å². The van der Waals surface area contributed by atoms with Gasteiger partial charge in [0.2, 0.25) is 39.9 Å². The van der Waals surface area contributed by atoms with E-state index in [9.17, 15) is 0 Å². The molecule has 0 aliphatic rings. The van der Waals surface area contributed by atoms with Crippen molar-refractivity contribution in [3.05, 3.63) is 316 Å². The molecule has 115 heavy (non-hydrogen) atoms. The van der Waals surface area contributed by atoms with Gasteiger partial charge in [-0.2, -0.15) is 0 Å². The van der Waals surface area contributed by atoms with Gasteiger partial charge >= 0.3 is 0 Å². The number of aromatic nitrogens is 7. The fourth-order valence-corrected chi connectivity index (χ4v) is 15.9. The maximum absolute atomic E-state index is 8.50. The number of rotatable bonds is 6. The molecule has 8 aromatic carbocycles. The van der Waals surface area contributed by atoms with Crippen molar-refractivity contribution < 1.29 is 71.0 Å². The van der Waals surface area contributed by atoms with E-state index in [0.717, 1.165) is 99.6 Å². The van der Waals surface area contributed by atoms with E-state index in [1.165, 1.54) is 23.6 Å². The third-order valence-corrected chi connectivity index (χ3v) is 21.6. The van der Waals surface area contributed by atoms with Crippen molar-refractivity contribution >= 4 is 110 Å². The Kier molecular flexibility index (Phi) is 15.0. The molecule has 1 unspecified atom stereocenters. The van der Waals surface area contributed by atoms with Crippen molar-refractivity contribution in [2.24, 2.45) is 35.2 Å². The molecule has 0 N–H and O–H groups in total. The lowest BCUT2D eigenvalue weighted by Gasteiger charge is -2.10. The van der Waals surface area contributed by atoms with Crippen LogP contribution in [0.2, 0.25) is 0 Å². The quantitative estimate of drug-likeness (QED) is 0.152. The van der Waals surface area contributed by atoms with Crippen molar-refractivity contribution in [3.8, 4) is 56.3 Å². The van der Waals surface area contributed by atoms with Crippen LogP contribution in [0.5, 0.6) is 0 Å². The summed E-state index contributed by atoms with van der Waals surface area (Å²) in [4.78, 5) is 8.68. The molecule has 12 heterocycles. The summed E-state index contributed by atoms with van der Waals surface area (Å²) in [5, 5.41) is 8.23. The molecule has 0 fully saturated rings. The fraction of sp³-hybridized carbons (Fsp3) is 0.194. The minimum Gasteiger partial charge on any atom is -0.455 e. The van der Waals surface area contributed by atoms with Gasteiger partial charge in [0.15, 0.2) is 42.2 Å². The molecule has 0 amide bonds. The van der Waals surface area contributed by atoms with Crippen LogP contribution in [0.3, 0.4) is 0 Å². The minimum atomic E-state index is -2.51. The maximum Gasteiger partial charge on any atom is 0.227 e. The SMILES string of the molecule is Cc1ccc(-c2c(C)ccc3c2oc2ncccc23)[n+](C)c1.Cc1ccc2c(oc3ncccc32)c1-c1cccc[n+]1C.[2H]C([2H])([2H])c1c[n+](C)c(-c2c(C)cc(C([2H])([2H])[2H])c3c2oc2ccccc23)cc1C.[2H]C([2H])([2H])c1cc(C)c(-c2cc(C([2H])(C)C([2H])([2H])[2H])cc[n+]2C)c2oc3ccccc3c12.[2H]C([2H])([2H])c1ccc(-c2c(C)cc(C([2H])([2H])[2H])c3c2oc2ccccc23)[n+](C)c1. The highest BCUT2D eigenvalue weighted by Gasteiger charge is 2.28. The summed E-state index contributed by atoms with van der Waals surface area (Å²) in [5.74, 6) is -1.81. The highest BCUT2D eigenvalue weighted by atomic mass is 16.4. The molecule has 570 valence electrons. The van der Waals surface area contributed by atoms with Gasteiger partial charge in [0.25, 0.3) is 0 Å². The van der Waals surface area contributed by atoms with Crippen LogP contribution in [0.4, 0.5) is 0 Å². The van der Waals surface area contributed by atoms with E-state index >= 15 is 0 Å². The lowest BCUT2D eigenvalue weighted by atomic mass is 9.95. The molecule has 12 aromatic heterocycles. The van der Waals surface area contributed by atoms with Crippen LogP contribution in [-0.2, 0) is 35.2 Å². The number of fused-ring (bicyclic) bond motifs is 15. The number of nitrogens with zero attached hydrogens (tertiary/aromatic N) is 7. The van der Waals surface area contributed by atoms with Gasteiger partial charge in [-0.25, -0.2) is 32.8 Å². The molecular formula is C103H98N7O5+5. The van der Waals surface area contributed by atoms with E-state index in [-0.39, 0.29) is 27.8 Å². The van der Waals surface area contributed by atoms with E-state index in [0.29, 0.717) is 94.4 Å². The molecule has 0 saturated heterocycles. The number of para-hydroxylation sites is 3. The van der Waals surface area contributed by atoms with E-state index in [1.54, 1.807) is 110 Å². The summed E-state index contributed by atoms with van der Waals surface area (Å²) in [5.41, 5.74) is 23.4. The predicted octanol–water partition coefficient (Wildman–Crippen LogP) is 24.0. The van der Waals surface area contributed by atoms with Crippen molar-refractivity contribution in [1.29, 1.82) is 0 Å². The van der Waals surface area contributed by atoms with Crippen molar-refractivity contribution in [1.82, 2.24) is 9.97 Å². The van der Waals surface area contributed by atoms with Crippen LogP contribution >= 0.6 is 0 Å². The van der Waals surface area contributed by atoms with E-state index < -0.39 is 47.0 Å². The Bertz CT molecular complexity index is 8060. The first-order valence-electron chi connectivity index (χ1n) is 47.3. The summed E-state index contributed by atoms with van der Waals surface area (Å²) >= 11 is 0. The van der Waals surface area contributed by atoms with Gasteiger partial charge in [0.1, 0.15) is 68.7 Å². The standard InChI is InChI=1S/C23H24NO.C22H22NO.C21H20NO.C19H17N2O.C18H15N2O/c1-14(2)17-10-11-24(5)19(13-17)22-16(4)12-15(3)21-18-8-6-7-9-20(18)25-23(21)22;1-13-11-18(23(5)12-16(13)4)21-15(3)10-14(2)20-17-8-6-7-9-19(17)24-22(20)21;1-13-9-10-17(22(4)12-13)20-15(3)11-14(2)19-16-7-5-6-8-18(16)23-21(19)20;1-12-6-9-16(21(3)11-12)17-13(2)7-8-14-15-5-4-10-20-19(15)22-18(14)17;1-12-8-9-13-14-6-5-10-19-18(14)21-17(13)16(12)15-7-3-4-11-20(15)2/h6-14H,1-5H3;6-12H,1-5H3;5-12H,1-4H3;4-11H,1-3H3;3-11H,1-2H3/q5*+1/i1D3,3D3,14D;2D3,4D3;1D3,2D3;;. The van der Waals surface area contributed by atoms with Gasteiger partial charge in [0, 0.05) is 151 Å². The first-order chi connectivity index (χ1) is 63.0. The van der Waals surface area contributed by atoms with Crippen molar-refractivity contribution in [3.63, 3.8) is 0 Å². The average molecular weight is 1530 g/mol. The highest BCUT2D eigenvalue weighted by molar-refractivity contribution is 6.15. The molecule has 20 rings (SSSR count). The predicted molar refractivity (Wildman–Crippen MR) is 468 cm³/mol. The summed E-state index contributed by atoms with van der Waals surface area (Å²) < 4.78 is 191. The summed E-state index contributed by atoms with van der Waals surface area (Å²) in [7, 11) is 9.50. The Morgan fingerprint density at radius 3 is 1.17 bits per heavy atom. The van der Waals surface area contributed by atoms with Gasteiger partial charge in [-0.1, -0.05) is 111 Å². The first kappa shape index (κ1) is 56.1. The van der Waals surface area contributed by atoms with Gasteiger partial charge in [-0.05, 0) is 205 Å². The molecule has 1 atom stereocenters. The van der Waals surface area contributed by atoms with Crippen LogP contribution in [0.25, 0.3) is 166 Å². The molecule has 0 saturated carbocycles. The Hall–Kier alpha value is -13.2.